The van der Waals surface area contributed by atoms with Gasteiger partial charge >= 0.3 is 12.4 Å². The van der Waals surface area contributed by atoms with Crippen molar-refractivity contribution in [2.45, 2.75) is 30.4 Å². The Morgan fingerprint density at radius 3 is 2.03 bits per heavy atom. The first-order valence-electron chi connectivity index (χ1n) is 10.5. The zero-order valence-corrected chi connectivity index (χ0v) is 19.6. The van der Waals surface area contributed by atoms with Gasteiger partial charge in [0.15, 0.2) is 0 Å². The molecule has 1 unspecified atom stereocenters. The van der Waals surface area contributed by atoms with E-state index in [9.17, 15) is 31.4 Å². The number of benzene rings is 2. The summed E-state index contributed by atoms with van der Waals surface area (Å²) in [5.41, 5.74) is -5.08. The largest absolute Gasteiger partial charge is 0.431 e. The second-order valence-electron chi connectivity index (χ2n) is 8.10. The molecule has 2 heterocycles. The summed E-state index contributed by atoms with van der Waals surface area (Å²) < 4.78 is 81.3. The first-order chi connectivity index (χ1) is 15.9. The molecule has 2 aliphatic rings. The lowest BCUT2D eigenvalue weighted by atomic mass is 9.90. The monoisotopic (exact) mass is 542 g/mol. The van der Waals surface area contributed by atoms with Gasteiger partial charge in [-0.3, -0.25) is 5.01 Å². The molecule has 2 aromatic carbocycles. The summed E-state index contributed by atoms with van der Waals surface area (Å²) in [5, 5.41) is 17.9. The average Bonchev–Trinajstić information content (AvgIpc) is 3.23. The summed E-state index contributed by atoms with van der Waals surface area (Å²) in [5.74, 6) is 0. The van der Waals surface area contributed by atoms with Crippen molar-refractivity contribution < 1.29 is 31.4 Å². The Kier molecular flexibility index (Phi) is 7.85. The van der Waals surface area contributed by atoms with E-state index >= 15 is 0 Å². The third-order valence-corrected chi connectivity index (χ3v) is 6.33. The van der Waals surface area contributed by atoms with Gasteiger partial charge in [-0.2, -0.15) is 31.4 Å². The standard InChI is InChI=1S/C22H21ClF6N4O.ClH/c23-16-3-1-2-4-17(16)33-18(13-19(31-33)20(34,21(24,25)26)22(27,28)29)14-5-7-15(8-6-14)32-11-9-30-10-12-32;/h1-8,18,30,34H,9-13H2;1H. The van der Waals surface area contributed by atoms with Crippen molar-refractivity contribution >= 4 is 41.1 Å². The molecular weight excluding hydrogens is 521 g/mol. The molecule has 0 bridgehead atoms. The van der Waals surface area contributed by atoms with Crippen molar-refractivity contribution in [2.24, 2.45) is 5.10 Å². The molecule has 0 aromatic heterocycles. The molecule has 1 fully saturated rings. The van der Waals surface area contributed by atoms with Gasteiger partial charge in [-0.25, -0.2) is 0 Å². The van der Waals surface area contributed by atoms with Crippen LogP contribution in [-0.2, 0) is 0 Å². The van der Waals surface area contributed by atoms with Crippen LogP contribution in [-0.4, -0.2) is 55.0 Å². The van der Waals surface area contributed by atoms with Gasteiger partial charge < -0.3 is 15.3 Å². The molecule has 5 nitrogen and oxygen atoms in total. The lowest BCUT2D eigenvalue weighted by Gasteiger charge is -2.32. The molecule has 2 aromatic rings. The number of para-hydroxylation sites is 1. The highest BCUT2D eigenvalue weighted by Gasteiger charge is 2.74. The lowest BCUT2D eigenvalue weighted by molar-refractivity contribution is -0.338. The van der Waals surface area contributed by atoms with E-state index in [4.69, 9.17) is 11.6 Å². The highest BCUT2D eigenvalue weighted by Crippen LogP contribution is 2.49. The third kappa shape index (κ3) is 5.04. The van der Waals surface area contributed by atoms with E-state index in [1.54, 1.807) is 36.4 Å². The molecule has 0 spiro atoms. The fourth-order valence-electron chi connectivity index (χ4n) is 4.17. The van der Waals surface area contributed by atoms with E-state index in [0.29, 0.717) is 5.56 Å². The van der Waals surface area contributed by atoms with E-state index in [1.165, 1.54) is 12.1 Å². The average molecular weight is 543 g/mol. The lowest BCUT2D eigenvalue weighted by Crippen LogP contribution is -2.62. The predicted octanol–water partition coefficient (Wildman–Crippen LogP) is 5.33. The van der Waals surface area contributed by atoms with Crippen LogP contribution in [0.5, 0.6) is 0 Å². The zero-order chi connectivity index (χ0) is 24.7. The number of hydrogen-bond acceptors (Lipinski definition) is 5. The normalized spacial score (nSPS) is 19.4. The van der Waals surface area contributed by atoms with Crippen molar-refractivity contribution in [3.63, 3.8) is 0 Å². The second kappa shape index (κ2) is 10.0. The fraction of sp³-hybridized carbons (Fsp3) is 0.409. The van der Waals surface area contributed by atoms with Gasteiger partial charge in [0.2, 0.25) is 0 Å². The Morgan fingerprint density at radius 1 is 0.914 bits per heavy atom. The predicted molar refractivity (Wildman–Crippen MR) is 125 cm³/mol. The molecule has 0 radical (unpaired) electrons. The van der Waals surface area contributed by atoms with E-state index in [-0.39, 0.29) is 23.1 Å². The molecule has 13 heteroatoms. The number of halogens is 8. The van der Waals surface area contributed by atoms with Crippen LogP contribution in [0.1, 0.15) is 18.0 Å². The Balaban J connectivity index is 0.00000342. The maximum atomic E-state index is 13.5. The number of aliphatic hydroxyl groups is 1. The minimum atomic E-state index is -6.02. The van der Waals surface area contributed by atoms with Crippen molar-refractivity contribution in [1.29, 1.82) is 0 Å². The van der Waals surface area contributed by atoms with E-state index < -0.39 is 36.1 Å². The first-order valence-corrected chi connectivity index (χ1v) is 10.8. The van der Waals surface area contributed by atoms with Crippen LogP contribution in [0.25, 0.3) is 0 Å². The number of anilines is 2. The molecular formula is C22H22Cl2F6N4O. The minimum Gasteiger partial charge on any atom is -0.369 e. The van der Waals surface area contributed by atoms with Gasteiger partial charge in [0.1, 0.15) is 0 Å². The zero-order valence-electron chi connectivity index (χ0n) is 18.1. The van der Waals surface area contributed by atoms with E-state index in [2.05, 4.69) is 15.3 Å². The minimum absolute atomic E-state index is 0. The van der Waals surface area contributed by atoms with Crippen molar-refractivity contribution in [2.75, 3.05) is 36.1 Å². The van der Waals surface area contributed by atoms with E-state index in [1.807, 2.05) is 0 Å². The number of rotatable bonds is 4. The van der Waals surface area contributed by atoms with Gasteiger partial charge in [-0.1, -0.05) is 35.9 Å². The van der Waals surface area contributed by atoms with Crippen LogP contribution in [0.15, 0.2) is 53.6 Å². The molecule has 2 aliphatic heterocycles. The van der Waals surface area contributed by atoms with E-state index in [0.717, 1.165) is 36.9 Å². The molecule has 1 saturated heterocycles. The van der Waals surface area contributed by atoms with Crippen LogP contribution in [0, 0.1) is 0 Å². The molecule has 0 saturated carbocycles. The summed E-state index contributed by atoms with van der Waals surface area (Å²) in [6.07, 6.45) is -12.8. The van der Waals surface area contributed by atoms with Crippen LogP contribution >= 0.6 is 24.0 Å². The Bertz CT molecular complexity index is 1040. The number of nitrogens with one attached hydrogen (secondary N) is 1. The number of hydrogen-bond donors (Lipinski definition) is 2. The van der Waals surface area contributed by atoms with Gasteiger partial charge in [0.05, 0.1) is 22.5 Å². The number of piperazine rings is 1. The summed E-state index contributed by atoms with van der Waals surface area (Å²) in [6.45, 7) is 3.14. The van der Waals surface area contributed by atoms with Gasteiger partial charge in [-0.15, -0.1) is 12.4 Å². The molecule has 192 valence electrons. The molecule has 1 atom stereocenters. The van der Waals surface area contributed by atoms with Crippen LogP contribution in [0.4, 0.5) is 37.7 Å². The number of hydrazone groups is 1. The summed E-state index contributed by atoms with van der Waals surface area (Å²) >= 11 is 6.20. The van der Waals surface area contributed by atoms with Crippen molar-refractivity contribution in [3.8, 4) is 0 Å². The number of alkyl halides is 6. The molecule has 35 heavy (non-hydrogen) atoms. The van der Waals surface area contributed by atoms with Gasteiger partial charge in [0.25, 0.3) is 5.60 Å². The molecule has 0 amide bonds. The van der Waals surface area contributed by atoms with Crippen LogP contribution < -0.4 is 15.2 Å². The quantitative estimate of drug-likeness (QED) is 0.512. The third-order valence-electron chi connectivity index (χ3n) is 6.01. The highest BCUT2D eigenvalue weighted by atomic mass is 35.5. The number of nitrogens with zero attached hydrogens (tertiary/aromatic N) is 3. The second-order valence-corrected chi connectivity index (χ2v) is 8.50. The van der Waals surface area contributed by atoms with Crippen LogP contribution in [0.2, 0.25) is 5.02 Å². The topological polar surface area (TPSA) is 51.1 Å². The Labute approximate surface area is 208 Å². The summed E-state index contributed by atoms with van der Waals surface area (Å²) in [7, 11) is 0. The van der Waals surface area contributed by atoms with Gasteiger partial charge in [-0.05, 0) is 29.8 Å². The maximum Gasteiger partial charge on any atom is 0.431 e. The summed E-state index contributed by atoms with van der Waals surface area (Å²) in [4.78, 5) is 2.12. The Morgan fingerprint density at radius 2 is 1.49 bits per heavy atom. The highest BCUT2D eigenvalue weighted by molar-refractivity contribution is 6.33. The summed E-state index contributed by atoms with van der Waals surface area (Å²) in [6, 6.07) is 11.8. The Hall–Kier alpha value is -2.21. The molecule has 2 N–H and O–H groups in total. The smallest absolute Gasteiger partial charge is 0.369 e. The fourth-order valence-corrected chi connectivity index (χ4v) is 4.39. The SMILES string of the molecule is Cl.OC(C1=NN(c2ccccc2Cl)C(c2ccc(N3CCNCC3)cc2)C1)(C(F)(F)F)C(F)(F)F. The van der Waals surface area contributed by atoms with Crippen molar-refractivity contribution in [3.05, 3.63) is 59.1 Å². The van der Waals surface area contributed by atoms with Crippen LogP contribution in [0.3, 0.4) is 0 Å². The van der Waals surface area contributed by atoms with Crippen molar-refractivity contribution in [1.82, 2.24) is 5.32 Å². The molecule has 0 aliphatic carbocycles. The first kappa shape index (κ1) is 27.4. The maximum absolute atomic E-state index is 13.5. The van der Waals surface area contributed by atoms with Gasteiger partial charge in [0, 0.05) is 38.3 Å². The molecule has 4 rings (SSSR count).